The predicted molar refractivity (Wildman–Crippen MR) is 85.7 cm³/mol. The number of amides is 1. The summed E-state index contributed by atoms with van der Waals surface area (Å²) in [7, 11) is 0. The van der Waals surface area contributed by atoms with E-state index < -0.39 is 0 Å². The van der Waals surface area contributed by atoms with Gasteiger partial charge in [0.05, 0.1) is 5.52 Å². The molecular weight excluding hydrogens is 282 g/mol. The molecule has 2 fully saturated rings. The van der Waals surface area contributed by atoms with Gasteiger partial charge in [0.15, 0.2) is 0 Å². The van der Waals surface area contributed by atoms with Crippen molar-refractivity contribution >= 4 is 33.3 Å². The number of nitrogens with one attached hydrogen (secondary N) is 1. The Morgan fingerprint density at radius 2 is 1.95 bits per heavy atom. The van der Waals surface area contributed by atoms with E-state index in [0.29, 0.717) is 12.0 Å². The van der Waals surface area contributed by atoms with Crippen LogP contribution in [0.15, 0.2) is 24.3 Å². The predicted octanol–water partition coefficient (Wildman–Crippen LogP) is 2.79. The number of carbonyl (C=O) groups is 1. The number of rotatable bonds is 3. The highest BCUT2D eigenvalue weighted by molar-refractivity contribution is 7.11. The lowest BCUT2D eigenvalue weighted by atomic mass is 10.0. The summed E-state index contributed by atoms with van der Waals surface area (Å²) >= 11 is 1.59. The van der Waals surface area contributed by atoms with Crippen LogP contribution in [0.2, 0.25) is 0 Å². The topological polar surface area (TPSA) is 45.2 Å². The highest BCUT2D eigenvalue weighted by Gasteiger charge is 2.32. The average Bonchev–Trinajstić information content (AvgIpc) is 3.28. The summed E-state index contributed by atoms with van der Waals surface area (Å²) in [6, 6.07) is 8.68. The zero-order valence-electron chi connectivity index (χ0n) is 11.9. The molecule has 1 aliphatic carbocycles. The van der Waals surface area contributed by atoms with Gasteiger partial charge in [-0.15, -0.1) is 0 Å². The van der Waals surface area contributed by atoms with E-state index in [-0.39, 0.29) is 5.91 Å². The Morgan fingerprint density at radius 3 is 2.71 bits per heavy atom. The van der Waals surface area contributed by atoms with Crippen LogP contribution in [0, 0.1) is 5.92 Å². The summed E-state index contributed by atoms with van der Waals surface area (Å²) in [4.78, 5) is 14.2. The minimum atomic E-state index is 0.275. The van der Waals surface area contributed by atoms with Gasteiger partial charge in [-0.25, -0.2) is 0 Å². The van der Waals surface area contributed by atoms with E-state index in [1.165, 1.54) is 10.4 Å². The molecule has 4 nitrogen and oxygen atoms in total. The van der Waals surface area contributed by atoms with E-state index in [1.807, 2.05) is 6.07 Å². The third kappa shape index (κ3) is 2.62. The highest BCUT2D eigenvalue weighted by Crippen LogP contribution is 2.33. The van der Waals surface area contributed by atoms with Crippen molar-refractivity contribution in [3.63, 3.8) is 0 Å². The summed E-state index contributed by atoms with van der Waals surface area (Å²) in [5.74, 6) is 0.588. The minimum absolute atomic E-state index is 0.275. The number of aromatic nitrogens is 1. The Kier molecular flexibility index (Phi) is 3.30. The molecule has 0 radical (unpaired) electrons. The molecule has 2 heterocycles. The lowest BCUT2D eigenvalue weighted by molar-refractivity contribution is -0.123. The molecule has 2 aliphatic rings. The molecule has 2 aromatic rings. The van der Waals surface area contributed by atoms with Crippen molar-refractivity contribution in [2.24, 2.45) is 5.92 Å². The molecule has 0 atom stereocenters. The van der Waals surface area contributed by atoms with Gasteiger partial charge >= 0.3 is 0 Å². The Hall–Kier alpha value is -1.62. The van der Waals surface area contributed by atoms with Gasteiger partial charge in [-0.2, -0.15) is 4.37 Å². The molecule has 1 saturated heterocycles. The lowest BCUT2D eigenvalue weighted by Gasteiger charge is -2.33. The van der Waals surface area contributed by atoms with Gasteiger partial charge in [-0.1, -0.05) is 12.1 Å². The molecule has 110 valence electrons. The van der Waals surface area contributed by atoms with Crippen LogP contribution >= 0.6 is 11.5 Å². The highest BCUT2D eigenvalue weighted by atomic mass is 32.1. The van der Waals surface area contributed by atoms with Crippen LogP contribution in [0.4, 0.5) is 5.00 Å². The van der Waals surface area contributed by atoms with Crippen LogP contribution in [0.25, 0.3) is 10.9 Å². The Labute approximate surface area is 128 Å². The number of fused-ring (bicyclic) bond motifs is 1. The fourth-order valence-electron chi connectivity index (χ4n) is 3.00. The first-order valence-electron chi connectivity index (χ1n) is 7.71. The van der Waals surface area contributed by atoms with Crippen LogP contribution in [0.5, 0.6) is 0 Å². The molecule has 5 heteroatoms. The number of anilines is 1. The number of hydrogen-bond donors (Lipinski definition) is 1. The Balaban J connectivity index is 1.41. The van der Waals surface area contributed by atoms with Crippen molar-refractivity contribution in [1.82, 2.24) is 9.69 Å². The van der Waals surface area contributed by atoms with Crippen molar-refractivity contribution in [3.8, 4) is 0 Å². The summed E-state index contributed by atoms with van der Waals surface area (Å²) in [5, 5.41) is 5.73. The molecule has 1 N–H and O–H groups in total. The maximum absolute atomic E-state index is 11.8. The third-order valence-corrected chi connectivity index (χ3v) is 5.38. The normalized spacial score (nSPS) is 19.9. The van der Waals surface area contributed by atoms with Gasteiger partial charge in [-0.05, 0) is 49.3 Å². The number of benzene rings is 1. The van der Waals surface area contributed by atoms with Crippen LogP contribution in [0.3, 0.4) is 0 Å². The van der Waals surface area contributed by atoms with E-state index in [0.717, 1.165) is 44.3 Å². The number of carbonyl (C=O) groups excluding carboxylic acids is 1. The van der Waals surface area contributed by atoms with Gasteiger partial charge in [0.25, 0.3) is 0 Å². The summed E-state index contributed by atoms with van der Waals surface area (Å²) in [6.07, 6.45) is 4.23. The van der Waals surface area contributed by atoms with Crippen molar-refractivity contribution in [1.29, 1.82) is 0 Å². The van der Waals surface area contributed by atoms with Crippen LogP contribution in [0.1, 0.15) is 25.7 Å². The van der Waals surface area contributed by atoms with Gasteiger partial charge < -0.3 is 10.2 Å². The SMILES string of the molecule is O=C(NC1CCN(c2snc3ccccc23)CC1)C1CC1. The monoisotopic (exact) mass is 301 g/mol. The average molecular weight is 301 g/mol. The first-order chi connectivity index (χ1) is 10.3. The molecule has 21 heavy (non-hydrogen) atoms. The van der Waals surface area contributed by atoms with E-state index >= 15 is 0 Å². The fraction of sp³-hybridized carbons (Fsp3) is 0.500. The zero-order valence-corrected chi connectivity index (χ0v) is 12.7. The molecule has 4 rings (SSSR count). The van der Waals surface area contributed by atoms with E-state index in [2.05, 4.69) is 32.8 Å². The third-order valence-electron chi connectivity index (χ3n) is 4.44. The van der Waals surface area contributed by atoms with E-state index in [9.17, 15) is 4.79 Å². The molecule has 1 aromatic carbocycles. The lowest BCUT2D eigenvalue weighted by Crippen LogP contribution is -2.45. The maximum Gasteiger partial charge on any atom is 0.223 e. The van der Waals surface area contributed by atoms with Crippen molar-refractivity contribution in [3.05, 3.63) is 24.3 Å². The standard InChI is InChI=1S/C16H19N3OS/c20-15(11-5-6-11)17-12-7-9-19(10-8-12)16-13-3-1-2-4-14(13)18-21-16/h1-4,11-12H,5-10H2,(H,17,20). The van der Waals surface area contributed by atoms with Crippen molar-refractivity contribution in [2.45, 2.75) is 31.7 Å². The molecule has 0 bridgehead atoms. The Bertz CT molecular complexity index is 656. The molecule has 0 unspecified atom stereocenters. The molecule has 1 amide bonds. The molecular formula is C16H19N3OS. The van der Waals surface area contributed by atoms with Gasteiger partial charge in [0, 0.05) is 30.4 Å². The van der Waals surface area contributed by atoms with Gasteiger partial charge in [0.1, 0.15) is 5.00 Å². The van der Waals surface area contributed by atoms with Crippen molar-refractivity contribution < 1.29 is 4.79 Å². The number of nitrogens with zero attached hydrogens (tertiary/aromatic N) is 2. The second kappa shape index (κ2) is 5.30. The Morgan fingerprint density at radius 1 is 1.19 bits per heavy atom. The largest absolute Gasteiger partial charge is 0.362 e. The van der Waals surface area contributed by atoms with Crippen molar-refractivity contribution in [2.75, 3.05) is 18.0 Å². The maximum atomic E-state index is 11.8. The minimum Gasteiger partial charge on any atom is -0.362 e. The number of hydrogen-bond acceptors (Lipinski definition) is 4. The van der Waals surface area contributed by atoms with Crippen LogP contribution in [-0.2, 0) is 4.79 Å². The second-order valence-electron chi connectivity index (χ2n) is 6.05. The van der Waals surface area contributed by atoms with Crippen LogP contribution < -0.4 is 10.2 Å². The fourth-order valence-corrected chi connectivity index (χ4v) is 3.91. The first kappa shape index (κ1) is 13.1. The first-order valence-corrected chi connectivity index (χ1v) is 8.48. The van der Waals surface area contributed by atoms with Gasteiger partial charge in [-0.3, -0.25) is 4.79 Å². The van der Waals surface area contributed by atoms with E-state index in [1.54, 1.807) is 11.5 Å². The molecule has 1 saturated carbocycles. The van der Waals surface area contributed by atoms with Crippen LogP contribution in [-0.4, -0.2) is 29.4 Å². The molecule has 1 aliphatic heterocycles. The van der Waals surface area contributed by atoms with E-state index in [4.69, 9.17) is 0 Å². The van der Waals surface area contributed by atoms with Gasteiger partial charge in [0.2, 0.25) is 5.91 Å². The molecule has 1 aromatic heterocycles. The summed E-state index contributed by atoms with van der Waals surface area (Å²) in [6.45, 7) is 2.00. The summed E-state index contributed by atoms with van der Waals surface area (Å²) < 4.78 is 4.52. The quantitative estimate of drug-likeness (QED) is 0.948. The smallest absolute Gasteiger partial charge is 0.223 e. The second-order valence-corrected chi connectivity index (χ2v) is 6.80. The summed E-state index contributed by atoms with van der Waals surface area (Å²) in [5.41, 5.74) is 1.08. The number of piperidine rings is 1. The zero-order chi connectivity index (χ0) is 14.2. The molecule has 0 spiro atoms.